The Bertz CT molecular complexity index is 1890. The smallest absolute Gasteiger partial charge is 0.417 e. The topological polar surface area (TPSA) is 98.9 Å². The molecule has 0 saturated heterocycles. The van der Waals surface area contributed by atoms with Crippen molar-refractivity contribution in [1.29, 1.82) is 5.26 Å². The first-order valence-electron chi connectivity index (χ1n) is 12.2. The van der Waals surface area contributed by atoms with E-state index in [-0.39, 0.29) is 17.9 Å². The summed E-state index contributed by atoms with van der Waals surface area (Å²) in [6, 6.07) is 21.5. The lowest BCUT2D eigenvalue weighted by molar-refractivity contribution is -0.137. The molecule has 0 radical (unpaired) electrons. The molecule has 0 unspecified atom stereocenters. The summed E-state index contributed by atoms with van der Waals surface area (Å²) in [5, 5.41) is 19.4. The maximum absolute atomic E-state index is 13.9. The van der Waals surface area contributed by atoms with Crippen molar-refractivity contribution >= 4 is 16.9 Å². The SMILES string of the molecule is Cc1ccc(Cn2c(-c3ccc(-c4ccc5[nH]c(C(=O)O)cc5c4)cc3)cc(C(F)(F)F)c(C#N)c2=O)c(C)c1. The van der Waals surface area contributed by atoms with E-state index in [0.29, 0.717) is 16.5 Å². The molecule has 0 fully saturated rings. The Kier molecular flexibility index (Phi) is 6.56. The van der Waals surface area contributed by atoms with Gasteiger partial charge in [-0.3, -0.25) is 4.79 Å². The number of nitriles is 1. The number of nitrogens with zero attached hydrogens (tertiary/aromatic N) is 2. The average molecular weight is 542 g/mol. The summed E-state index contributed by atoms with van der Waals surface area (Å²) >= 11 is 0. The fraction of sp³-hybridized carbons (Fsp3) is 0.129. The molecule has 2 aromatic heterocycles. The van der Waals surface area contributed by atoms with E-state index in [9.17, 15) is 33.1 Å². The molecule has 5 rings (SSSR count). The summed E-state index contributed by atoms with van der Waals surface area (Å²) in [6.45, 7) is 3.77. The second-order valence-corrected chi connectivity index (χ2v) is 9.62. The fourth-order valence-electron chi connectivity index (χ4n) is 4.83. The van der Waals surface area contributed by atoms with Crippen LogP contribution in [0.1, 0.15) is 38.3 Å². The molecule has 0 bridgehead atoms. The molecule has 6 nitrogen and oxygen atoms in total. The van der Waals surface area contributed by atoms with Crippen LogP contribution in [0.5, 0.6) is 0 Å². The molecule has 200 valence electrons. The van der Waals surface area contributed by atoms with Gasteiger partial charge in [-0.25, -0.2) is 4.79 Å². The second kappa shape index (κ2) is 9.89. The monoisotopic (exact) mass is 541 g/mol. The number of halogens is 3. The molecule has 0 saturated carbocycles. The predicted octanol–water partition coefficient (Wildman–Crippen LogP) is 6.92. The molecular weight excluding hydrogens is 519 g/mol. The lowest BCUT2D eigenvalue weighted by atomic mass is 9.99. The number of nitrogens with one attached hydrogen (secondary N) is 1. The first-order valence-corrected chi connectivity index (χ1v) is 12.2. The van der Waals surface area contributed by atoms with E-state index in [0.717, 1.165) is 33.9 Å². The number of alkyl halides is 3. The molecule has 40 heavy (non-hydrogen) atoms. The zero-order valence-electron chi connectivity index (χ0n) is 21.4. The fourth-order valence-corrected chi connectivity index (χ4v) is 4.83. The number of carbonyl (C=O) groups is 1. The van der Waals surface area contributed by atoms with Gasteiger partial charge >= 0.3 is 12.1 Å². The Balaban J connectivity index is 1.63. The number of aryl methyl sites for hydroxylation is 2. The zero-order valence-corrected chi connectivity index (χ0v) is 21.4. The van der Waals surface area contributed by atoms with Crippen molar-refractivity contribution in [3.8, 4) is 28.5 Å². The summed E-state index contributed by atoms with van der Waals surface area (Å²) in [7, 11) is 0. The van der Waals surface area contributed by atoms with Gasteiger partial charge in [0.2, 0.25) is 0 Å². The van der Waals surface area contributed by atoms with Gasteiger partial charge in [0.15, 0.2) is 0 Å². The van der Waals surface area contributed by atoms with Gasteiger partial charge < -0.3 is 14.7 Å². The van der Waals surface area contributed by atoms with E-state index in [1.165, 1.54) is 16.7 Å². The van der Waals surface area contributed by atoms with E-state index in [1.54, 1.807) is 36.4 Å². The van der Waals surface area contributed by atoms with Crippen LogP contribution in [0, 0.1) is 25.2 Å². The number of aromatic nitrogens is 2. The molecule has 0 aliphatic carbocycles. The van der Waals surface area contributed by atoms with Crippen molar-refractivity contribution in [3.63, 3.8) is 0 Å². The maximum Gasteiger partial charge on any atom is 0.417 e. The maximum atomic E-state index is 13.9. The zero-order chi connectivity index (χ0) is 28.8. The summed E-state index contributed by atoms with van der Waals surface area (Å²) in [5.41, 5.74) is 2.04. The molecule has 0 amide bonds. The second-order valence-electron chi connectivity index (χ2n) is 9.62. The van der Waals surface area contributed by atoms with Crippen LogP contribution < -0.4 is 5.56 Å². The van der Waals surface area contributed by atoms with Crippen molar-refractivity contribution in [2.75, 3.05) is 0 Å². The van der Waals surface area contributed by atoms with Crippen LogP contribution in [-0.2, 0) is 12.7 Å². The van der Waals surface area contributed by atoms with Crippen molar-refractivity contribution in [2.45, 2.75) is 26.6 Å². The molecule has 0 aliphatic rings. The van der Waals surface area contributed by atoms with Gasteiger partial charge in [-0.05, 0) is 65.9 Å². The third-order valence-corrected chi connectivity index (χ3v) is 6.91. The highest BCUT2D eigenvalue weighted by Crippen LogP contribution is 2.35. The number of H-pyrrole nitrogens is 1. The summed E-state index contributed by atoms with van der Waals surface area (Å²) in [4.78, 5) is 27.4. The van der Waals surface area contributed by atoms with E-state index in [1.807, 2.05) is 38.1 Å². The van der Waals surface area contributed by atoms with Gasteiger partial charge in [0.1, 0.15) is 17.3 Å². The minimum absolute atomic E-state index is 0.00901. The molecule has 0 aliphatic heterocycles. The largest absolute Gasteiger partial charge is 0.477 e. The van der Waals surface area contributed by atoms with Gasteiger partial charge in [0.05, 0.1) is 17.8 Å². The average Bonchev–Trinajstić information content (AvgIpc) is 3.34. The number of carboxylic acids is 1. The number of rotatable bonds is 5. The number of pyridine rings is 1. The predicted molar refractivity (Wildman–Crippen MR) is 145 cm³/mol. The Hall–Kier alpha value is -5.10. The minimum Gasteiger partial charge on any atom is -0.477 e. The standard InChI is InChI=1S/C31H22F3N3O3/c1-17-3-4-22(18(2)11-17)16-37-28(14-25(31(32,33)34)24(15-35)29(37)38)20-7-5-19(6-8-20)21-9-10-26-23(12-21)13-27(36-26)30(39)40/h3-14,36H,16H2,1-2H3,(H,39,40). The normalized spacial score (nSPS) is 11.5. The van der Waals surface area contributed by atoms with Crippen molar-refractivity contribution in [1.82, 2.24) is 9.55 Å². The highest BCUT2D eigenvalue weighted by molar-refractivity contribution is 5.95. The van der Waals surface area contributed by atoms with Crippen LogP contribution >= 0.6 is 0 Å². The van der Waals surface area contributed by atoms with E-state index < -0.39 is 28.8 Å². The van der Waals surface area contributed by atoms with E-state index in [2.05, 4.69) is 4.98 Å². The molecule has 2 N–H and O–H groups in total. The Morgan fingerprint density at radius 2 is 1.62 bits per heavy atom. The number of aromatic amines is 1. The Morgan fingerprint density at radius 3 is 2.25 bits per heavy atom. The van der Waals surface area contributed by atoms with Crippen LogP contribution in [0.3, 0.4) is 0 Å². The van der Waals surface area contributed by atoms with Crippen LogP contribution in [0.25, 0.3) is 33.3 Å². The first-order chi connectivity index (χ1) is 19.0. The van der Waals surface area contributed by atoms with E-state index in [4.69, 9.17) is 0 Å². The third-order valence-electron chi connectivity index (χ3n) is 6.91. The number of aromatic carboxylic acids is 1. The lowest BCUT2D eigenvalue weighted by Gasteiger charge is -2.19. The number of benzene rings is 3. The number of hydrogen-bond acceptors (Lipinski definition) is 3. The molecule has 2 heterocycles. The van der Waals surface area contributed by atoms with Crippen molar-refractivity contribution in [2.24, 2.45) is 0 Å². The van der Waals surface area contributed by atoms with E-state index >= 15 is 0 Å². The summed E-state index contributed by atoms with van der Waals surface area (Å²) < 4.78 is 42.9. The molecule has 5 aromatic rings. The van der Waals surface area contributed by atoms with Crippen LogP contribution in [0.15, 0.2) is 77.6 Å². The van der Waals surface area contributed by atoms with Crippen LogP contribution in [0.2, 0.25) is 0 Å². The minimum atomic E-state index is -4.89. The quantitative estimate of drug-likeness (QED) is 0.252. The van der Waals surface area contributed by atoms with Crippen molar-refractivity contribution < 1.29 is 23.1 Å². The van der Waals surface area contributed by atoms with Gasteiger partial charge in [0, 0.05) is 10.9 Å². The van der Waals surface area contributed by atoms with Gasteiger partial charge in [-0.2, -0.15) is 18.4 Å². The first kappa shape index (κ1) is 26.5. The molecule has 0 spiro atoms. The van der Waals surface area contributed by atoms with Crippen LogP contribution in [0.4, 0.5) is 13.2 Å². The molecular formula is C31H22F3N3O3. The highest BCUT2D eigenvalue weighted by Gasteiger charge is 2.36. The van der Waals surface area contributed by atoms with Gasteiger partial charge in [-0.1, -0.05) is 54.1 Å². The number of fused-ring (bicyclic) bond motifs is 1. The van der Waals surface area contributed by atoms with Crippen molar-refractivity contribution in [3.05, 3.63) is 117 Å². The molecule has 9 heteroatoms. The van der Waals surface area contributed by atoms with Gasteiger partial charge in [-0.15, -0.1) is 0 Å². The molecule has 0 atom stereocenters. The van der Waals surface area contributed by atoms with Gasteiger partial charge in [0.25, 0.3) is 5.56 Å². The third kappa shape index (κ3) is 4.87. The van der Waals surface area contributed by atoms with Crippen LogP contribution in [-0.4, -0.2) is 20.6 Å². The Labute approximate surface area is 226 Å². The summed E-state index contributed by atoms with van der Waals surface area (Å²) in [5.74, 6) is -1.07. The lowest BCUT2D eigenvalue weighted by Crippen LogP contribution is -2.29. The summed E-state index contributed by atoms with van der Waals surface area (Å²) in [6.07, 6.45) is -4.89. The highest BCUT2D eigenvalue weighted by atomic mass is 19.4. The number of carboxylic acid groups (broad SMARTS) is 1. The number of hydrogen-bond donors (Lipinski definition) is 2. The Morgan fingerprint density at radius 1 is 0.950 bits per heavy atom. The molecule has 3 aromatic carbocycles.